The van der Waals surface area contributed by atoms with Gasteiger partial charge in [-0.2, -0.15) is 0 Å². The third-order valence-corrected chi connectivity index (χ3v) is 2.91. The molecule has 1 heterocycles. The number of hydrogen-bond acceptors (Lipinski definition) is 3. The van der Waals surface area contributed by atoms with Crippen molar-refractivity contribution in [1.29, 1.82) is 0 Å². The zero-order valence-electron chi connectivity index (χ0n) is 10.1. The van der Waals surface area contributed by atoms with E-state index < -0.39 is 0 Å². The molecule has 19 heavy (non-hydrogen) atoms. The van der Waals surface area contributed by atoms with E-state index in [1.807, 2.05) is 0 Å². The fraction of sp³-hybridized carbons (Fsp3) is 0.154. The van der Waals surface area contributed by atoms with Gasteiger partial charge >= 0.3 is 0 Å². The Morgan fingerprint density at radius 1 is 1.42 bits per heavy atom. The number of furan rings is 1. The van der Waals surface area contributed by atoms with Gasteiger partial charge in [0, 0.05) is 12.1 Å². The Hall–Kier alpha value is -1.82. The number of amides is 1. The lowest BCUT2D eigenvalue weighted by molar-refractivity contribution is 0.0921. The number of ether oxygens (including phenoxy) is 1. The maximum Gasteiger partial charge on any atom is 0.287 e. The van der Waals surface area contributed by atoms with Gasteiger partial charge in [-0.05, 0) is 46.3 Å². The van der Waals surface area contributed by atoms with Crippen LogP contribution >= 0.6 is 15.9 Å². The van der Waals surface area contributed by atoms with Crippen molar-refractivity contribution >= 4 is 21.8 Å². The second-order valence-electron chi connectivity index (χ2n) is 3.74. The first-order valence-corrected chi connectivity index (χ1v) is 6.25. The zero-order valence-corrected chi connectivity index (χ0v) is 11.7. The van der Waals surface area contributed by atoms with E-state index in [-0.39, 0.29) is 24.0 Å². The fourth-order valence-corrected chi connectivity index (χ4v) is 1.89. The molecule has 0 unspecified atom stereocenters. The summed E-state index contributed by atoms with van der Waals surface area (Å²) in [5.41, 5.74) is 0.557. The van der Waals surface area contributed by atoms with Crippen LogP contribution in [0.15, 0.2) is 39.4 Å². The van der Waals surface area contributed by atoms with E-state index in [9.17, 15) is 9.18 Å². The smallest absolute Gasteiger partial charge is 0.287 e. The lowest BCUT2D eigenvalue weighted by Crippen LogP contribution is -2.22. The maximum absolute atomic E-state index is 13.1. The van der Waals surface area contributed by atoms with E-state index in [1.165, 1.54) is 25.3 Å². The van der Waals surface area contributed by atoms with Crippen LogP contribution in [-0.2, 0) is 6.54 Å². The van der Waals surface area contributed by atoms with Crippen molar-refractivity contribution in [3.63, 3.8) is 0 Å². The van der Waals surface area contributed by atoms with Crippen molar-refractivity contribution in [2.45, 2.75) is 6.54 Å². The molecule has 0 atom stereocenters. The molecular formula is C13H11BrFNO3. The van der Waals surface area contributed by atoms with Gasteiger partial charge in [-0.3, -0.25) is 4.79 Å². The molecule has 0 aliphatic rings. The van der Waals surface area contributed by atoms with Gasteiger partial charge in [0.25, 0.3) is 5.91 Å². The van der Waals surface area contributed by atoms with Gasteiger partial charge in [0.1, 0.15) is 11.6 Å². The van der Waals surface area contributed by atoms with Crippen LogP contribution in [0.2, 0.25) is 0 Å². The SMILES string of the molecule is COc1ccc(F)cc1CNC(=O)c1ccc(Br)o1. The van der Waals surface area contributed by atoms with Crippen LogP contribution in [-0.4, -0.2) is 13.0 Å². The second-order valence-corrected chi connectivity index (χ2v) is 4.52. The van der Waals surface area contributed by atoms with Crippen LogP contribution in [0.3, 0.4) is 0 Å². The number of methoxy groups -OCH3 is 1. The number of carbonyl (C=O) groups is 1. The zero-order chi connectivity index (χ0) is 13.8. The van der Waals surface area contributed by atoms with Crippen molar-refractivity contribution in [1.82, 2.24) is 5.32 Å². The molecule has 2 aromatic rings. The number of carbonyl (C=O) groups excluding carboxylic acids is 1. The van der Waals surface area contributed by atoms with Gasteiger partial charge < -0.3 is 14.5 Å². The largest absolute Gasteiger partial charge is 0.496 e. The Balaban J connectivity index is 2.06. The minimum absolute atomic E-state index is 0.151. The first-order valence-electron chi connectivity index (χ1n) is 5.46. The molecule has 0 aliphatic carbocycles. The Labute approximate surface area is 117 Å². The molecule has 1 aromatic carbocycles. The van der Waals surface area contributed by atoms with Crippen molar-refractivity contribution < 1.29 is 18.3 Å². The third-order valence-electron chi connectivity index (χ3n) is 2.48. The van der Waals surface area contributed by atoms with E-state index in [2.05, 4.69) is 21.2 Å². The van der Waals surface area contributed by atoms with Gasteiger partial charge in [0.05, 0.1) is 7.11 Å². The van der Waals surface area contributed by atoms with Crippen molar-refractivity contribution in [3.05, 3.63) is 52.1 Å². The maximum atomic E-state index is 13.1. The van der Waals surface area contributed by atoms with E-state index in [0.717, 1.165) is 0 Å². The summed E-state index contributed by atoms with van der Waals surface area (Å²) in [4.78, 5) is 11.8. The Morgan fingerprint density at radius 3 is 2.84 bits per heavy atom. The fourth-order valence-electron chi connectivity index (χ4n) is 1.58. The highest BCUT2D eigenvalue weighted by Gasteiger charge is 2.11. The van der Waals surface area contributed by atoms with Gasteiger partial charge in [0.15, 0.2) is 10.4 Å². The van der Waals surface area contributed by atoms with Crippen LogP contribution in [0.1, 0.15) is 16.1 Å². The van der Waals surface area contributed by atoms with Crippen LogP contribution < -0.4 is 10.1 Å². The van der Waals surface area contributed by atoms with Gasteiger partial charge in [0.2, 0.25) is 0 Å². The minimum Gasteiger partial charge on any atom is -0.496 e. The summed E-state index contributed by atoms with van der Waals surface area (Å²) in [6.45, 7) is 0.151. The highest BCUT2D eigenvalue weighted by atomic mass is 79.9. The minimum atomic E-state index is -0.384. The predicted octanol–water partition coefficient (Wildman–Crippen LogP) is 3.12. The Morgan fingerprint density at radius 2 is 2.21 bits per heavy atom. The molecule has 100 valence electrons. The van der Waals surface area contributed by atoms with Gasteiger partial charge in [-0.1, -0.05) is 0 Å². The monoisotopic (exact) mass is 327 g/mol. The molecule has 6 heteroatoms. The van der Waals surface area contributed by atoms with Crippen LogP contribution in [0.25, 0.3) is 0 Å². The number of hydrogen-bond donors (Lipinski definition) is 1. The number of benzene rings is 1. The highest BCUT2D eigenvalue weighted by molar-refractivity contribution is 9.10. The molecule has 0 saturated heterocycles. The summed E-state index contributed by atoms with van der Waals surface area (Å²) in [6, 6.07) is 7.30. The van der Waals surface area contributed by atoms with Crippen LogP contribution in [0.5, 0.6) is 5.75 Å². The Bertz CT molecular complexity index is 597. The van der Waals surface area contributed by atoms with Gasteiger partial charge in [-0.25, -0.2) is 4.39 Å². The lowest BCUT2D eigenvalue weighted by Gasteiger charge is -2.09. The van der Waals surface area contributed by atoms with Crippen molar-refractivity contribution in [3.8, 4) is 5.75 Å². The summed E-state index contributed by atoms with van der Waals surface area (Å²) < 4.78 is 23.8. The standard InChI is InChI=1S/C13H11BrFNO3/c1-18-10-3-2-9(15)6-8(10)7-16-13(17)11-4-5-12(14)19-11/h2-6H,7H2,1H3,(H,16,17). The summed E-state index contributed by atoms with van der Waals surface area (Å²) in [5, 5.41) is 2.63. The summed E-state index contributed by atoms with van der Waals surface area (Å²) in [6.07, 6.45) is 0. The molecular weight excluding hydrogens is 317 g/mol. The first kappa shape index (κ1) is 13.6. The summed E-state index contributed by atoms with van der Waals surface area (Å²) in [5.74, 6) is -0.0626. The third kappa shape index (κ3) is 3.35. The van der Waals surface area contributed by atoms with Crippen molar-refractivity contribution in [2.24, 2.45) is 0 Å². The number of halogens is 2. The van der Waals surface area contributed by atoms with E-state index in [0.29, 0.717) is 16.0 Å². The molecule has 0 aliphatic heterocycles. The average molecular weight is 328 g/mol. The van der Waals surface area contributed by atoms with Gasteiger partial charge in [-0.15, -0.1) is 0 Å². The highest BCUT2D eigenvalue weighted by Crippen LogP contribution is 2.19. The lowest BCUT2D eigenvalue weighted by atomic mass is 10.2. The van der Waals surface area contributed by atoms with E-state index in [4.69, 9.17) is 9.15 Å². The average Bonchev–Trinajstić information content (AvgIpc) is 2.83. The molecule has 1 aromatic heterocycles. The molecule has 0 fully saturated rings. The molecule has 2 rings (SSSR count). The summed E-state index contributed by atoms with van der Waals surface area (Å²) >= 11 is 3.11. The predicted molar refractivity (Wildman–Crippen MR) is 70.5 cm³/mol. The molecule has 1 N–H and O–H groups in total. The molecule has 0 spiro atoms. The first-order chi connectivity index (χ1) is 9.10. The second kappa shape index (κ2) is 5.88. The molecule has 0 bridgehead atoms. The van der Waals surface area contributed by atoms with Crippen LogP contribution in [0, 0.1) is 5.82 Å². The van der Waals surface area contributed by atoms with E-state index >= 15 is 0 Å². The topological polar surface area (TPSA) is 51.5 Å². The molecule has 0 radical (unpaired) electrons. The van der Waals surface area contributed by atoms with Crippen LogP contribution in [0.4, 0.5) is 4.39 Å². The molecule has 4 nitrogen and oxygen atoms in total. The summed E-state index contributed by atoms with van der Waals surface area (Å²) in [7, 11) is 1.49. The molecule has 0 saturated carbocycles. The normalized spacial score (nSPS) is 10.3. The number of nitrogens with one attached hydrogen (secondary N) is 1. The number of rotatable bonds is 4. The van der Waals surface area contributed by atoms with Crippen molar-refractivity contribution in [2.75, 3.05) is 7.11 Å². The Kier molecular flexibility index (Phi) is 4.21. The van der Waals surface area contributed by atoms with E-state index in [1.54, 1.807) is 12.1 Å². The molecule has 1 amide bonds. The quantitative estimate of drug-likeness (QED) is 0.938.